The average Bonchev–Trinajstić information content (AvgIpc) is 2.96. The molecule has 0 fully saturated rings. The van der Waals surface area contributed by atoms with E-state index in [4.69, 9.17) is 4.74 Å². The number of ether oxygens (including phenoxy) is 1. The number of phenols is 1. The molecule has 11 nitrogen and oxygen atoms in total. The summed E-state index contributed by atoms with van der Waals surface area (Å²) in [7, 11) is 1.64. The van der Waals surface area contributed by atoms with E-state index in [1.165, 1.54) is 4.68 Å². The minimum atomic E-state index is -1.03. The van der Waals surface area contributed by atoms with Crippen molar-refractivity contribution in [3.8, 4) is 11.4 Å². The van der Waals surface area contributed by atoms with Crippen molar-refractivity contribution in [2.24, 2.45) is 7.05 Å². The topological polar surface area (TPSA) is 146 Å². The van der Waals surface area contributed by atoms with Gasteiger partial charge in [0.15, 0.2) is 0 Å². The van der Waals surface area contributed by atoms with E-state index in [-0.39, 0.29) is 11.3 Å². The number of nitro groups is 1. The average molecular weight is 454 g/mol. The molecular weight excluding hydrogens is 432 g/mol. The summed E-state index contributed by atoms with van der Waals surface area (Å²) in [5.74, 6) is -2.81. The van der Waals surface area contributed by atoms with Gasteiger partial charge in [-0.2, -0.15) is 0 Å². The summed E-state index contributed by atoms with van der Waals surface area (Å²) in [5.41, 5.74) is -1.21. The summed E-state index contributed by atoms with van der Waals surface area (Å²) in [6.45, 7) is 4.76. The van der Waals surface area contributed by atoms with Crippen LogP contribution in [0.25, 0.3) is 5.69 Å². The monoisotopic (exact) mass is 454 g/mol. The fourth-order valence-corrected chi connectivity index (χ4v) is 3.22. The number of carbonyl (C=O) groups is 2. The highest BCUT2D eigenvalue weighted by molar-refractivity contribution is 6.07. The molecule has 11 heteroatoms. The van der Waals surface area contributed by atoms with E-state index in [9.17, 15) is 29.6 Å². The Balaban J connectivity index is 2.05. The number of nitrogens with one attached hydrogen (secondary N) is 1. The van der Waals surface area contributed by atoms with E-state index in [0.29, 0.717) is 11.4 Å². The maximum atomic E-state index is 13.0. The molecule has 0 atom stereocenters. The van der Waals surface area contributed by atoms with E-state index in [2.05, 4.69) is 5.32 Å². The molecule has 2 N–H and O–H groups in total. The highest BCUT2D eigenvalue weighted by Crippen LogP contribution is 2.32. The lowest BCUT2D eigenvalue weighted by molar-refractivity contribution is -0.385. The standard InChI is InChI=1S/C22H22N4O7/c1-12(2)33-22(30)16-10-14(11-17(19(16)27)26(31)32)20(28)23-18-13(3)24(4)25(21(18)29)15-8-6-5-7-9-15/h5-12,27H,1-4H3,(H,23,28). The van der Waals surface area contributed by atoms with E-state index in [0.717, 1.165) is 12.1 Å². The summed E-state index contributed by atoms with van der Waals surface area (Å²) in [5, 5.41) is 24.0. The van der Waals surface area contributed by atoms with Crippen LogP contribution in [-0.4, -0.2) is 37.4 Å². The van der Waals surface area contributed by atoms with Crippen molar-refractivity contribution >= 4 is 23.3 Å². The van der Waals surface area contributed by atoms with Gasteiger partial charge in [0.1, 0.15) is 11.3 Å². The first-order chi connectivity index (χ1) is 15.5. The van der Waals surface area contributed by atoms with Crippen LogP contribution in [-0.2, 0) is 11.8 Å². The fraction of sp³-hybridized carbons (Fsp3) is 0.227. The largest absolute Gasteiger partial charge is 0.501 e. The second-order valence-corrected chi connectivity index (χ2v) is 7.49. The number of amides is 1. The van der Waals surface area contributed by atoms with Crippen LogP contribution < -0.4 is 10.9 Å². The van der Waals surface area contributed by atoms with Crippen LogP contribution >= 0.6 is 0 Å². The Morgan fingerprint density at radius 2 is 1.82 bits per heavy atom. The Hall–Kier alpha value is -4.41. The summed E-state index contributed by atoms with van der Waals surface area (Å²) >= 11 is 0. The van der Waals surface area contributed by atoms with Crippen LogP contribution in [0.3, 0.4) is 0 Å². The van der Waals surface area contributed by atoms with Gasteiger partial charge in [-0.15, -0.1) is 0 Å². The smallest absolute Gasteiger partial charge is 0.342 e. The minimum Gasteiger partial charge on any atom is -0.501 e. The first kappa shape index (κ1) is 23.3. The van der Waals surface area contributed by atoms with E-state index in [1.54, 1.807) is 62.8 Å². The SMILES string of the molecule is Cc1c(NC(=O)c2cc(C(=O)OC(C)C)c(O)c([N+](=O)[O-])c2)c(=O)n(-c2ccccc2)n1C. The van der Waals surface area contributed by atoms with Crippen molar-refractivity contribution < 1.29 is 24.4 Å². The van der Waals surface area contributed by atoms with Gasteiger partial charge in [0, 0.05) is 18.7 Å². The molecule has 1 heterocycles. The third-order valence-electron chi connectivity index (χ3n) is 4.90. The van der Waals surface area contributed by atoms with Crippen LogP contribution in [0.1, 0.15) is 40.3 Å². The molecule has 3 rings (SSSR count). The van der Waals surface area contributed by atoms with Gasteiger partial charge in [-0.25, -0.2) is 9.48 Å². The molecule has 0 aliphatic rings. The Kier molecular flexibility index (Phi) is 6.33. The van der Waals surface area contributed by atoms with Crippen molar-refractivity contribution in [1.29, 1.82) is 0 Å². The van der Waals surface area contributed by atoms with Crippen LogP contribution in [0.5, 0.6) is 5.75 Å². The number of para-hydroxylation sites is 1. The summed E-state index contributed by atoms with van der Waals surface area (Å²) < 4.78 is 7.91. The first-order valence-electron chi connectivity index (χ1n) is 9.90. The lowest BCUT2D eigenvalue weighted by Crippen LogP contribution is -2.23. The number of nitro benzene ring substituents is 1. The molecular formula is C22H22N4O7. The number of rotatable bonds is 6. The quantitative estimate of drug-likeness (QED) is 0.331. The molecule has 0 aliphatic carbocycles. The third kappa shape index (κ3) is 4.47. The number of aromatic hydroxyl groups is 1. The Morgan fingerprint density at radius 1 is 1.18 bits per heavy atom. The molecule has 0 radical (unpaired) electrons. The van der Waals surface area contributed by atoms with Gasteiger partial charge in [0.25, 0.3) is 11.5 Å². The zero-order chi connectivity index (χ0) is 24.4. The normalized spacial score (nSPS) is 10.8. The molecule has 3 aromatic rings. The lowest BCUT2D eigenvalue weighted by Gasteiger charge is -2.11. The maximum absolute atomic E-state index is 13.0. The Labute approximate surface area is 188 Å². The zero-order valence-electron chi connectivity index (χ0n) is 18.4. The number of anilines is 1. The fourth-order valence-electron chi connectivity index (χ4n) is 3.22. The molecule has 0 unspecified atom stereocenters. The van der Waals surface area contributed by atoms with Crippen molar-refractivity contribution in [3.05, 3.63) is 79.8 Å². The number of hydrogen-bond donors (Lipinski definition) is 2. The molecule has 1 amide bonds. The maximum Gasteiger partial charge on any atom is 0.342 e. The predicted octanol–water partition coefficient (Wildman–Crippen LogP) is 2.92. The molecule has 1 aromatic heterocycles. The Bertz CT molecular complexity index is 1310. The van der Waals surface area contributed by atoms with Gasteiger partial charge >= 0.3 is 11.7 Å². The highest BCUT2D eigenvalue weighted by Gasteiger charge is 2.27. The van der Waals surface area contributed by atoms with Gasteiger partial charge in [-0.1, -0.05) is 18.2 Å². The minimum absolute atomic E-state index is 0.0339. The molecule has 0 spiro atoms. The van der Waals surface area contributed by atoms with Crippen LogP contribution in [0.4, 0.5) is 11.4 Å². The molecule has 0 saturated heterocycles. The zero-order valence-corrected chi connectivity index (χ0v) is 18.4. The van der Waals surface area contributed by atoms with Crippen molar-refractivity contribution in [3.63, 3.8) is 0 Å². The van der Waals surface area contributed by atoms with E-state index < -0.39 is 45.5 Å². The van der Waals surface area contributed by atoms with Crippen molar-refractivity contribution in [1.82, 2.24) is 9.36 Å². The van der Waals surface area contributed by atoms with Crippen LogP contribution in [0.15, 0.2) is 47.3 Å². The number of esters is 1. The first-order valence-corrected chi connectivity index (χ1v) is 9.90. The van der Waals surface area contributed by atoms with Crippen LogP contribution in [0, 0.1) is 17.0 Å². The molecule has 0 bridgehead atoms. The molecule has 172 valence electrons. The van der Waals surface area contributed by atoms with Gasteiger partial charge in [0.05, 0.1) is 22.4 Å². The van der Waals surface area contributed by atoms with E-state index >= 15 is 0 Å². The highest BCUT2D eigenvalue weighted by atomic mass is 16.6. The van der Waals surface area contributed by atoms with Crippen molar-refractivity contribution in [2.75, 3.05) is 5.32 Å². The number of hydrogen-bond acceptors (Lipinski definition) is 7. The summed E-state index contributed by atoms with van der Waals surface area (Å²) in [6.07, 6.45) is -0.558. The summed E-state index contributed by atoms with van der Waals surface area (Å²) in [6, 6.07) is 10.6. The second-order valence-electron chi connectivity index (χ2n) is 7.49. The number of nitrogens with zero attached hydrogens (tertiary/aromatic N) is 3. The van der Waals surface area contributed by atoms with E-state index in [1.807, 2.05) is 0 Å². The molecule has 33 heavy (non-hydrogen) atoms. The Morgan fingerprint density at radius 3 is 2.39 bits per heavy atom. The van der Waals surface area contributed by atoms with Crippen molar-refractivity contribution in [2.45, 2.75) is 26.9 Å². The predicted molar refractivity (Wildman–Crippen MR) is 119 cm³/mol. The number of phenolic OH excluding ortho intramolecular Hbond substituents is 1. The molecule has 0 saturated carbocycles. The van der Waals surface area contributed by atoms with Gasteiger partial charge in [-0.3, -0.25) is 24.4 Å². The van der Waals surface area contributed by atoms with Crippen LogP contribution in [0.2, 0.25) is 0 Å². The number of carbonyl (C=O) groups excluding carboxylic acids is 2. The summed E-state index contributed by atoms with van der Waals surface area (Å²) in [4.78, 5) is 48.7. The molecule has 0 aliphatic heterocycles. The molecule has 2 aromatic carbocycles. The van der Waals surface area contributed by atoms with Gasteiger partial charge in [0.2, 0.25) is 5.75 Å². The lowest BCUT2D eigenvalue weighted by atomic mass is 10.1. The number of benzene rings is 2. The number of aromatic nitrogens is 2. The van der Waals surface area contributed by atoms with Gasteiger partial charge in [-0.05, 0) is 39.0 Å². The van der Waals surface area contributed by atoms with Gasteiger partial charge < -0.3 is 15.2 Å². The third-order valence-corrected chi connectivity index (χ3v) is 4.90. The second kappa shape index (κ2) is 8.99.